The van der Waals surface area contributed by atoms with Gasteiger partial charge in [-0.2, -0.15) is 4.98 Å². The minimum atomic E-state index is -0.538. The molecule has 1 atom stereocenters. The van der Waals surface area contributed by atoms with Gasteiger partial charge in [0.15, 0.2) is 11.2 Å². The van der Waals surface area contributed by atoms with Gasteiger partial charge < -0.3 is 25.5 Å². The summed E-state index contributed by atoms with van der Waals surface area (Å²) >= 11 is 0. The number of nitrogens with two attached hydrogens (primary N) is 2. The van der Waals surface area contributed by atoms with Crippen LogP contribution in [-0.4, -0.2) is 51.2 Å². The standard InChI is InChI=1S/C16H24N6O5.ClH/c1-9(2)15(25)27-7-10(6-26-11(23)5-17)3-4-22-8-19-12-13(22)20-16(18)21-14(12)24;/h8-10H,3-7,17H2,1-2H3,(H3,18,20,21,24);1H. The first kappa shape index (κ1) is 23.4. The molecule has 2 aromatic heterocycles. The second-order valence-corrected chi connectivity index (χ2v) is 6.39. The summed E-state index contributed by atoms with van der Waals surface area (Å²) in [7, 11) is 0. The van der Waals surface area contributed by atoms with Crippen molar-refractivity contribution in [3.05, 3.63) is 16.7 Å². The topological polar surface area (TPSA) is 168 Å². The van der Waals surface area contributed by atoms with E-state index in [1.807, 2.05) is 0 Å². The summed E-state index contributed by atoms with van der Waals surface area (Å²) < 4.78 is 12.0. The number of nitrogen functional groups attached to an aromatic ring is 1. The number of nitrogens with zero attached hydrogens (tertiary/aromatic N) is 3. The summed E-state index contributed by atoms with van der Waals surface area (Å²) in [6, 6.07) is 0. The zero-order valence-electron chi connectivity index (χ0n) is 15.7. The predicted octanol–water partition coefficient (Wildman–Crippen LogP) is -0.169. The van der Waals surface area contributed by atoms with E-state index in [-0.39, 0.29) is 61.4 Å². The Morgan fingerprint density at radius 2 is 1.96 bits per heavy atom. The summed E-state index contributed by atoms with van der Waals surface area (Å²) in [6.45, 7) is 3.81. The molecular weight excluding hydrogens is 392 g/mol. The van der Waals surface area contributed by atoms with Crippen LogP contribution in [0.1, 0.15) is 20.3 Å². The van der Waals surface area contributed by atoms with E-state index in [1.54, 1.807) is 18.4 Å². The van der Waals surface area contributed by atoms with Crippen LogP contribution in [0.25, 0.3) is 11.2 Å². The highest BCUT2D eigenvalue weighted by Crippen LogP contribution is 2.13. The molecule has 12 heteroatoms. The molecular formula is C16H25ClN6O5. The average Bonchev–Trinajstić information content (AvgIpc) is 3.03. The molecule has 28 heavy (non-hydrogen) atoms. The number of aromatic amines is 1. The normalized spacial score (nSPS) is 11.9. The zero-order valence-corrected chi connectivity index (χ0v) is 16.5. The number of fused-ring (bicyclic) bond motifs is 1. The summed E-state index contributed by atoms with van der Waals surface area (Å²) in [4.78, 5) is 45.3. The van der Waals surface area contributed by atoms with Gasteiger partial charge in [0, 0.05) is 12.5 Å². The van der Waals surface area contributed by atoms with E-state index in [9.17, 15) is 14.4 Å². The Hall–Kier alpha value is -2.66. The summed E-state index contributed by atoms with van der Waals surface area (Å²) in [5, 5.41) is 0. The van der Waals surface area contributed by atoms with Gasteiger partial charge >= 0.3 is 11.9 Å². The van der Waals surface area contributed by atoms with Crippen molar-refractivity contribution in [2.45, 2.75) is 26.8 Å². The fourth-order valence-electron chi connectivity index (χ4n) is 2.31. The Morgan fingerprint density at radius 1 is 1.29 bits per heavy atom. The molecule has 0 radical (unpaired) electrons. The Labute approximate surface area is 167 Å². The van der Waals surface area contributed by atoms with Crippen molar-refractivity contribution >= 4 is 41.5 Å². The summed E-state index contributed by atoms with van der Waals surface area (Å²) in [5.74, 6) is -1.38. The average molecular weight is 417 g/mol. The van der Waals surface area contributed by atoms with Crippen molar-refractivity contribution in [3.8, 4) is 0 Å². The largest absolute Gasteiger partial charge is 0.465 e. The number of aromatic nitrogens is 4. The third-order valence-electron chi connectivity index (χ3n) is 3.85. The fraction of sp³-hybridized carbons (Fsp3) is 0.562. The molecule has 11 nitrogen and oxygen atoms in total. The maximum atomic E-state index is 11.8. The number of rotatable bonds is 9. The van der Waals surface area contributed by atoms with Crippen LogP contribution in [0.15, 0.2) is 11.1 Å². The van der Waals surface area contributed by atoms with Gasteiger partial charge in [0.2, 0.25) is 5.95 Å². The first-order chi connectivity index (χ1) is 12.8. The Balaban J connectivity index is 0.00000392. The number of esters is 2. The number of carbonyl (C=O) groups is 2. The highest BCUT2D eigenvalue weighted by atomic mass is 35.5. The first-order valence-electron chi connectivity index (χ1n) is 8.54. The van der Waals surface area contributed by atoms with Gasteiger partial charge in [-0.25, -0.2) is 4.98 Å². The van der Waals surface area contributed by atoms with Gasteiger partial charge in [-0.3, -0.25) is 19.4 Å². The van der Waals surface area contributed by atoms with E-state index in [1.165, 1.54) is 6.33 Å². The number of halogens is 1. The van der Waals surface area contributed by atoms with Crippen LogP contribution in [0.4, 0.5) is 5.95 Å². The molecule has 0 saturated carbocycles. The molecule has 0 aliphatic carbocycles. The van der Waals surface area contributed by atoms with Crippen molar-refractivity contribution in [2.75, 3.05) is 25.5 Å². The van der Waals surface area contributed by atoms with Gasteiger partial charge in [0.25, 0.3) is 5.56 Å². The van der Waals surface area contributed by atoms with Crippen LogP contribution in [0.3, 0.4) is 0 Å². The molecule has 5 N–H and O–H groups in total. The van der Waals surface area contributed by atoms with Gasteiger partial charge in [-0.1, -0.05) is 13.8 Å². The van der Waals surface area contributed by atoms with Crippen LogP contribution in [-0.2, 0) is 25.6 Å². The first-order valence-corrected chi connectivity index (χ1v) is 8.54. The molecule has 0 saturated heterocycles. The van der Waals surface area contributed by atoms with Gasteiger partial charge in [0.05, 0.1) is 32.0 Å². The zero-order chi connectivity index (χ0) is 20.0. The van der Waals surface area contributed by atoms with E-state index < -0.39 is 11.5 Å². The molecule has 0 bridgehead atoms. The molecule has 0 fully saturated rings. The number of imidazole rings is 1. The number of hydrogen-bond donors (Lipinski definition) is 3. The maximum absolute atomic E-state index is 11.8. The lowest BCUT2D eigenvalue weighted by Crippen LogP contribution is -2.26. The molecule has 1 unspecified atom stereocenters. The Kier molecular flexibility index (Phi) is 8.86. The second-order valence-electron chi connectivity index (χ2n) is 6.39. The summed E-state index contributed by atoms with van der Waals surface area (Å²) in [5.41, 5.74) is 10.9. The number of carbonyl (C=O) groups excluding carboxylic acids is 2. The van der Waals surface area contributed by atoms with Crippen molar-refractivity contribution in [1.82, 2.24) is 19.5 Å². The van der Waals surface area contributed by atoms with E-state index in [4.69, 9.17) is 20.9 Å². The molecule has 0 aliphatic heterocycles. The molecule has 0 amide bonds. The highest BCUT2D eigenvalue weighted by Gasteiger charge is 2.18. The number of aryl methyl sites for hydroxylation is 1. The number of anilines is 1. The van der Waals surface area contributed by atoms with E-state index in [0.29, 0.717) is 18.6 Å². The summed E-state index contributed by atoms with van der Waals surface area (Å²) in [6.07, 6.45) is 1.97. The van der Waals surface area contributed by atoms with E-state index in [0.717, 1.165) is 0 Å². The van der Waals surface area contributed by atoms with Crippen molar-refractivity contribution in [3.63, 3.8) is 0 Å². The second kappa shape index (κ2) is 10.6. The van der Waals surface area contributed by atoms with Crippen molar-refractivity contribution in [2.24, 2.45) is 17.6 Å². The molecule has 2 heterocycles. The molecule has 0 spiro atoms. The van der Waals surface area contributed by atoms with Gasteiger partial charge in [-0.05, 0) is 6.42 Å². The minimum Gasteiger partial charge on any atom is -0.465 e. The smallest absolute Gasteiger partial charge is 0.319 e. The van der Waals surface area contributed by atoms with Gasteiger partial charge in [-0.15, -0.1) is 12.4 Å². The molecule has 0 aromatic carbocycles. The number of nitrogens with one attached hydrogen (secondary N) is 1. The lowest BCUT2D eigenvalue weighted by molar-refractivity contribution is -0.151. The monoisotopic (exact) mass is 416 g/mol. The number of ether oxygens (including phenoxy) is 2. The third kappa shape index (κ3) is 6.20. The number of hydrogen-bond acceptors (Lipinski definition) is 9. The van der Waals surface area contributed by atoms with Crippen molar-refractivity contribution in [1.29, 1.82) is 0 Å². The lowest BCUT2D eigenvalue weighted by atomic mass is 10.1. The Morgan fingerprint density at radius 3 is 2.61 bits per heavy atom. The Bertz CT molecular complexity index is 865. The van der Waals surface area contributed by atoms with Crippen LogP contribution in [0.2, 0.25) is 0 Å². The van der Waals surface area contributed by atoms with Crippen LogP contribution < -0.4 is 17.0 Å². The van der Waals surface area contributed by atoms with Gasteiger partial charge in [0.1, 0.15) is 0 Å². The van der Waals surface area contributed by atoms with Crippen LogP contribution in [0.5, 0.6) is 0 Å². The SMILES string of the molecule is CC(C)C(=O)OCC(CCn1cnc2c(=O)[nH]c(N)nc21)COC(=O)CN.Cl. The fourth-order valence-corrected chi connectivity index (χ4v) is 2.31. The number of H-pyrrole nitrogens is 1. The van der Waals surface area contributed by atoms with Crippen LogP contribution in [0, 0.1) is 11.8 Å². The minimum absolute atomic E-state index is 0. The molecule has 2 rings (SSSR count). The molecule has 2 aromatic rings. The van der Waals surface area contributed by atoms with Crippen LogP contribution >= 0.6 is 12.4 Å². The van der Waals surface area contributed by atoms with Crippen molar-refractivity contribution < 1.29 is 19.1 Å². The highest BCUT2D eigenvalue weighted by molar-refractivity contribution is 5.85. The quantitative estimate of drug-likeness (QED) is 0.469. The maximum Gasteiger partial charge on any atom is 0.319 e. The predicted molar refractivity (Wildman–Crippen MR) is 104 cm³/mol. The lowest BCUT2D eigenvalue weighted by Gasteiger charge is -2.18. The molecule has 156 valence electrons. The molecule has 0 aliphatic rings. The van der Waals surface area contributed by atoms with E-state index in [2.05, 4.69) is 15.0 Å². The third-order valence-corrected chi connectivity index (χ3v) is 3.85. The van der Waals surface area contributed by atoms with E-state index >= 15 is 0 Å².